The van der Waals surface area contributed by atoms with Crippen LogP contribution >= 0.6 is 31.9 Å². The maximum atomic E-state index is 3.70. The van der Waals surface area contributed by atoms with Crippen LogP contribution < -0.4 is 0 Å². The Bertz CT molecular complexity index is 96.7. The van der Waals surface area contributed by atoms with Gasteiger partial charge in [0.1, 0.15) is 0 Å². The quantitative estimate of drug-likeness (QED) is 0.524. The predicted molar refractivity (Wildman–Crippen MR) is 45.6 cm³/mol. The molecule has 1 atom stereocenters. The Kier molecular flexibility index (Phi) is 4.57. The van der Waals surface area contributed by atoms with Gasteiger partial charge in [-0.1, -0.05) is 44.5 Å². The molecule has 0 N–H and O–H groups in total. The molecule has 2 heteroatoms. The Morgan fingerprint density at radius 3 is 2.38 bits per heavy atom. The minimum Gasteiger partial charge on any atom is -0.103 e. The molecule has 0 amide bonds. The fraction of sp³-hybridized carbons (Fsp3) is 0.333. The van der Waals surface area contributed by atoms with Crippen molar-refractivity contribution in [2.24, 2.45) is 0 Å². The molecule has 0 aliphatic carbocycles. The minimum absolute atomic E-state index is 0.333. The van der Waals surface area contributed by atoms with E-state index in [9.17, 15) is 0 Å². The van der Waals surface area contributed by atoms with Crippen molar-refractivity contribution >= 4 is 31.9 Å². The lowest BCUT2D eigenvalue weighted by Crippen LogP contribution is -1.91. The molecule has 0 radical (unpaired) electrons. The summed E-state index contributed by atoms with van der Waals surface area (Å²) >= 11 is 6.64. The van der Waals surface area contributed by atoms with Crippen LogP contribution in [0, 0.1) is 0 Å². The van der Waals surface area contributed by atoms with Crippen molar-refractivity contribution in [1.29, 1.82) is 0 Å². The van der Waals surface area contributed by atoms with E-state index in [4.69, 9.17) is 0 Å². The Morgan fingerprint density at radius 1 is 1.75 bits per heavy atom. The van der Waals surface area contributed by atoms with Crippen LogP contribution in [-0.4, -0.2) is 4.83 Å². The maximum absolute atomic E-state index is 3.70. The van der Waals surface area contributed by atoms with E-state index in [1.807, 2.05) is 6.08 Å². The Balaban J connectivity index is 3.46. The zero-order valence-electron chi connectivity index (χ0n) is 4.53. The van der Waals surface area contributed by atoms with Gasteiger partial charge in [-0.2, -0.15) is 0 Å². The first-order valence-corrected chi connectivity index (χ1v) is 3.98. The van der Waals surface area contributed by atoms with E-state index in [-0.39, 0.29) is 0 Å². The van der Waals surface area contributed by atoms with Crippen LogP contribution in [0.5, 0.6) is 0 Å². The van der Waals surface area contributed by atoms with E-state index in [1.165, 1.54) is 0 Å². The minimum atomic E-state index is 0.333. The van der Waals surface area contributed by atoms with E-state index in [0.717, 1.165) is 10.9 Å². The summed E-state index contributed by atoms with van der Waals surface area (Å²) in [5.74, 6) is 0. The summed E-state index contributed by atoms with van der Waals surface area (Å²) in [6.07, 6.45) is 2.77. The third-order valence-electron chi connectivity index (χ3n) is 0.713. The van der Waals surface area contributed by atoms with Gasteiger partial charge >= 0.3 is 0 Å². The predicted octanol–water partition coefficient (Wildman–Crippen LogP) is 3.23. The SMILES string of the molecule is C=CCC(Br)C(=C)Br. The number of halogens is 2. The van der Waals surface area contributed by atoms with Crippen molar-refractivity contribution in [2.45, 2.75) is 11.2 Å². The molecule has 0 heterocycles. The Morgan fingerprint density at radius 2 is 2.25 bits per heavy atom. The molecule has 0 nitrogen and oxygen atoms in total. The van der Waals surface area contributed by atoms with Gasteiger partial charge < -0.3 is 0 Å². The van der Waals surface area contributed by atoms with E-state index in [2.05, 4.69) is 45.0 Å². The van der Waals surface area contributed by atoms with Crippen molar-refractivity contribution in [3.63, 3.8) is 0 Å². The summed E-state index contributed by atoms with van der Waals surface area (Å²) in [5.41, 5.74) is 0. The smallest absolute Gasteiger partial charge is 0.0489 e. The molecule has 0 rings (SSSR count). The molecule has 0 spiro atoms. The van der Waals surface area contributed by atoms with Crippen LogP contribution in [0.1, 0.15) is 6.42 Å². The summed E-state index contributed by atoms with van der Waals surface area (Å²) < 4.78 is 0.970. The van der Waals surface area contributed by atoms with E-state index < -0.39 is 0 Å². The monoisotopic (exact) mass is 238 g/mol. The van der Waals surface area contributed by atoms with Crippen molar-refractivity contribution in [2.75, 3.05) is 0 Å². The highest BCUT2D eigenvalue weighted by Gasteiger charge is 2.00. The Labute approximate surface area is 66.9 Å². The molecule has 0 fully saturated rings. The summed E-state index contributed by atoms with van der Waals surface area (Å²) in [4.78, 5) is 0.333. The largest absolute Gasteiger partial charge is 0.103 e. The topological polar surface area (TPSA) is 0 Å². The lowest BCUT2D eigenvalue weighted by atomic mass is 10.3. The van der Waals surface area contributed by atoms with Gasteiger partial charge in [0.25, 0.3) is 0 Å². The first kappa shape index (κ1) is 8.44. The molecule has 0 aliphatic heterocycles. The second-order valence-corrected chi connectivity index (χ2v) is 3.56. The molecule has 0 saturated carbocycles. The van der Waals surface area contributed by atoms with Crippen molar-refractivity contribution in [3.05, 3.63) is 23.7 Å². The highest BCUT2D eigenvalue weighted by atomic mass is 79.9. The number of hydrogen-bond acceptors (Lipinski definition) is 0. The number of allylic oxidation sites excluding steroid dienone is 2. The van der Waals surface area contributed by atoms with E-state index in [0.29, 0.717) is 4.83 Å². The van der Waals surface area contributed by atoms with Crippen LogP contribution in [0.15, 0.2) is 23.7 Å². The van der Waals surface area contributed by atoms with Gasteiger partial charge in [-0.15, -0.1) is 6.58 Å². The molecule has 46 valence electrons. The van der Waals surface area contributed by atoms with Gasteiger partial charge in [0.15, 0.2) is 0 Å². The van der Waals surface area contributed by atoms with E-state index >= 15 is 0 Å². The zero-order valence-corrected chi connectivity index (χ0v) is 7.70. The summed E-state index contributed by atoms with van der Waals surface area (Å²) in [6, 6.07) is 0. The summed E-state index contributed by atoms with van der Waals surface area (Å²) in [7, 11) is 0. The van der Waals surface area contributed by atoms with Gasteiger partial charge in [-0.25, -0.2) is 0 Å². The average molecular weight is 240 g/mol. The van der Waals surface area contributed by atoms with Crippen molar-refractivity contribution in [3.8, 4) is 0 Å². The summed E-state index contributed by atoms with van der Waals surface area (Å²) in [6.45, 7) is 7.29. The van der Waals surface area contributed by atoms with Crippen LogP contribution in [-0.2, 0) is 0 Å². The molecule has 0 aliphatic rings. The highest BCUT2D eigenvalue weighted by Crippen LogP contribution is 2.19. The highest BCUT2D eigenvalue weighted by molar-refractivity contribution is 9.14. The van der Waals surface area contributed by atoms with Crippen LogP contribution in [0.2, 0.25) is 0 Å². The maximum Gasteiger partial charge on any atom is 0.0489 e. The van der Waals surface area contributed by atoms with Crippen LogP contribution in [0.4, 0.5) is 0 Å². The number of rotatable bonds is 3. The lowest BCUT2D eigenvalue weighted by molar-refractivity contribution is 1.09. The molecule has 0 saturated heterocycles. The molecule has 0 bridgehead atoms. The second kappa shape index (κ2) is 4.33. The summed E-state index contributed by atoms with van der Waals surface area (Å²) in [5, 5.41) is 0. The molecule has 0 aromatic rings. The molecule has 0 aromatic heterocycles. The first-order valence-electron chi connectivity index (χ1n) is 2.27. The van der Waals surface area contributed by atoms with Gasteiger partial charge in [-0.05, 0) is 6.42 Å². The first-order chi connectivity index (χ1) is 3.68. The van der Waals surface area contributed by atoms with Gasteiger partial charge in [0.2, 0.25) is 0 Å². The van der Waals surface area contributed by atoms with Crippen molar-refractivity contribution in [1.82, 2.24) is 0 Å². The fourth-order valence-corrected chi connectivity index (χ4v) is 0.725. The standard InChI is InChI=1S/C6H8Br2/c1-3-4-6(8)5(2)7/h3,6H,1-2,4H2. The van der Waals surface area contributed by atoms with E-state index in [1.54, 1.807) is 0 Å². The molecular formula is C6H8Br2. The normalized spacial score (nSPS) is 12.8. The third-order valence-corrected chi connectivity index (χ3v) is 2.81. The van der Waals surface area contributed by atoms with Crippen LogP contribution in [0.3, 0.4) is 0 Å². The second-order valence-electron chi connectivity index (χ2n) is 1.44. The van der Waals surface area contributed by atoms with Gasteiger partial charge in [0.05, 0.1) is 0 Å². The van der Waals surface area contributed by atoms with Crippen LogP contribution in [0.25, 0.3) is 0 Å². The Hall–Kier alpha value is 0.440. The third kappa shape index (κ3) is 3.44. The zero-order chi connectivity index (χ0) is 6.57. The molecular weight excluding hydrogens is 232 g/mol. The van der Waals surface area contributed by atoms with Gasteiger partial charge in [-0.3, -0.25) is 0 Å². The molecule has 0 aromatic carbocycles. The molecule has 1 unspecified atom stereocenters. The number of alkyl halides is 1. The lowest BCUT2D eigenvalue weighted by Gasteiger charge is -2.00. The average Bonchev–Trinajstić information content (AvgIpc) is 1.67. The van der Waals surface area contributed by atoms with Crippen molar-refractivity contribution < 1.29 is 0 Å². The van der Waals surface area contributed by atoms with Gasteiger partial charge in [0, 0.05) is 9.31 Å². The molecule has 8 heavy (non-hydrogen) atoms. The number of hydrogen-bond donors (Lipinski definition) is 0. The fourth-order valence-electron chi connectivity index (χ4n) is 0.274.